The lowest BCUT2D eigenvalue weighted by Gasteiger charge is -2.10. The van der Waals surface area contributed by atoms with Crippen LogP contribution in [0.4, 0.5) is 5.82 Å². The molecule has 1 saturated carbocycles. The van der Waals surface area contributed by atoms with Gasteiger partial charge in [0.05, 0.1) is 24.0 Å². The lowest BCUT2D eigenvalue weighted by atomic mass is 10.1. The third kappa shape index (κ3) is 4.08. The highest BCUT2D eigenvalue weighted by Crippen LogP contribution is 2.32. The minimum absolute atomic E-state index is 0.0571. The van der Waals surface area contributed by atoms with Crippen LogP contribution in [-0.4, -0.2) is 25.5 Å². The van der Waals surface area contributed by atoms with Crippen molar-refractivity contribution >= 4 is 23.3 Å². The van der Waals surface area contributed by atoms with Gasteiger partial charge >= 0.3 is 0 Å². The van der Waals surface area contributed by atoms with Gasteiger partial charge in [0.15, 0.2) is 0 Å². The summed E-state index contributed by atoms with van der Waals surface area (Å²) in [7, 11) is 0. The molecule has 2 aromatic heterocycles. The molecule has 1 aromatic carbocycles. The molecule has 7 heteroatoms. The maximum atomic E-state index is 12.8. The molecule has 4 rings (SSSR count). The Hall–Kier alpha value is -2.60. The maximum Gasteiger partial charge on any atom is 0.230 e. The van der Waals surface area contributed by atoms with Gasteiger partial charge in [-0.25, -0.2) is 9.36 Å². The minimum atomic E-state index is -0.0571. The fourth-order valence-electron chi connectivity index (χ4n) is 3.56. The van der Waals surface area contributed by atoms with Crippen LogP contribution < -0.4 is 5.32 Å². The van der Waals surface area contributed by atoms with E-state index in [1.165, 1.54) is 12.8 Å². The second-order valence-corrected chi connectivity index (χ2v) is 8.43. The summed E-state index contributed by atoms with van der Waals surface area (Å²) in [6, 6.07) is 5.87. The summed E-state index contributed by atoms with van der Waals surface area (Å²) in [4.78, 5) is 12.8. The number of hydrogen-bond donors (Lipinski definition) is 1. The number of nitrogens with one attached hydrogen (secondary N) is 1. The van der Waals surface area contributed by atoms with Crippen LogP contribution in [0, 0.1) is 33.6 Å². The third-order valence-electron chi connectivity index (χ3n) is 5.59. The number of aryl methyl sites for hydroxylation is 3. The zero-order valence-corrected chi connectivity index (χ0v) is 18.0. The van der Waals surface area contributed by atoms with E-state index in [0.29, 0.717) is 10.9 Å². The van der Waals surface area contributed by atoms with E-state index in [0.717, 1.165) is 46.1 Å². The zero-order chi connectivity index (χ0) is 20.7. The summed E-state index contributed by atoms with van der Waals surface area (Å²) < 4.78 is 3.77. The molecule has 0 atom stereocenters. The number of nitrogens with zero attached hydrogens (tertiary/aromatic N) is 4. The average Bonchev–Trinajstić information content (AvgIpc) is 3.38. The van der Waals surface area contributed by atoms with Gasteiger partial charge in [0.1, 0.15) is 5.82 Å². The molecule has 0 aliphatic heterocycles. The normalized spacial score (nSPS) is 13.7. The van der Waals surface area contributed by atoms with Gasteiger partial charge in [0.2, 0.25) is 5.91 Å². The van der Waals surface area contributed by atoms with Crippen molar-refractivity contribution in [2.24, 2.45) is 5.92 Å². The number of aromatic nitrogens is 4. The first-order chi connectivity index (χ1) is 13.8. The van der Waals surface area contributed by atoms with E-state index in [-0.39, 0.29) is 12.3 Å². The highest BCUT2D eigenvalue weighted by atomic mass is 35.5. The van der Waals surface area contributed by atoms with E-state index < -0.39 is 0 Å². The number of halogens is 1. The molecule has 0 unspecified atom stereocenters. The van der Waals surface area contributed by atoms with Gasteiger partial charge in [0, 0.05) is 28.4 Å². The van der Waals surface area contributed by atoms with Crippen LogP contribution in [0.5, 0.6) is 0 Å². The number of anilines is 1. The summed E-state index contributed by atoms with van der Waals surface area (Å²) in [6.45, 7) is 8.73. The Morgan fingerprint density at radius 2 is 1.97 bits per heavy atom. The van der Waals surface area contributed by atoms with Crippen molar-refractivity contribution in [3.8, 4) is 5.69 Å². The lowest BCUT2D eigenvalue weighted by Crippen LogP contribution is -2.19. The van der Waals surface area contributed by atoms with Gasteiger partial charge < -0.3 is 5.32 Å². The SMILES string of the molecule is Cc1ccc(-n2nc(C)c(CC(=O)Nc3c(C)cnn3CC3CC3)c2C)cc1Cl. The molecule has 6 nitrogen and oxygen atoms in total. The van der Waals surface area contributed by atoms with Gasteiger partial charge in [-0.1, -0.05) is 17.7 Å². The second kappa shape index (κ2) is 7.67. The van der Waals surface area contributed by atoms with Gasteiger partial charge in [0.25, 0.3) is 0 Å². The van der Waals surface area contributed by atoms with Crippen LogP contribution in [-0.2, 0) is 17.8 Å². The second-order valence-electron chi connectivity index (χ2n) is 8.02. The molecular formula is C22H26ClN5O. The summed E-state index contributed by atoms with van der Waals surface area (Å²) in [5, 5.41) is 12.8. The fourth-order valence-corrected chi connectivity index (χ4v) is 3.73. The molecule has 152 valence electrons. The molecule has 1 aliphatic carbocycles. The zero-order valence-electron chi connectivity index (χ0n) is 17.3. The van der Waals surface area contributed by atoms with Gasteiger partial charge in [-0.3, -0.25) is 4.79 Å². The average molecular weight is 412 g/mol. The Morgan fingerprint density at radius 1 is 1.21 bits per heavy atom. The topological polar surface area (TPSA) is 64.7 Å². The Labute approximate surface area is 175 Å². The molecule has 0 saturated heterocycles. The summed E-state index contributed by atoms with van der Waals surface area (Å²) in [5.41, 5.74) is 5.63. The van der Waals surface area contributed by atoms with E-state index in [4.69, 9.17) is 11.6 Å². The van der Waals surface area contributed by atoms with Crippen molar-refractivity contribution in [2.45, 2.75) is 53.5 Å². The number of carbonyl (C=O) groups excluding carboxylic acids is 1. The first-order valence-corrected chi connectivity index (χ1v) is 10.3. The number of carbonyl (C=O) groups is 1. The van der Waals surface area contributed by atoms with Crippen LogP contribution in [0.25, 0.3) is 5.69 Å². The molecule has 0 bridgehead atoms. The molecule has 1 N–H and O–H groups in total. The number of rotatable bonds is 6. The van der Waals surface area contributed by atoms with Gasteiger partial charge in [-0.15, -0.1) is 0 Å². The summed E-state index contributed by atoms with van der Waals surface area (Å²) in [5.74, 6) is 1.43. The van der Waals surface area contributed by atoms with Gasteiger partial charge in [-0.05, 0) is 64.2 Å². The largest absolute Gasteiger partial charge is 0.310 e. The van der Waals surface area contributed by atoms with E-state index in [2.05, 4.69) is 15.5 Å². The monoisotopic (exact) mass is 411 g/mol. The predicted molar refractivity (Wildman–Crippen MR) is 115 cm³/mol. The first-order valence-electron chi connectivity index (χ1n) is 9.97. The van der Waals surface area contributed by atoms with Crippen molar-refractivity contribution < 1.29 is 4.79 Å². The minimum Gasteiger partial charge on any atom is -0.310 e. The standard InChI is InChI=1S/C22H26ClN5O/c1-13-5-8-18(9-20(13)23)28-16(4)19(15(3)26-28)10-21(29)25-22-14(2)11-24-27(22)12-17-6-7-17/h5,8-9,11,17H,6-7,10,12H2,1-4H3,(H,25,29). The van der Waals surface area contributed by atoms with E-state index in [1.807, 2.05) is 61.5 Å². The Morgan fingerprint density at radius 3 is 2.66 bits per heavy atom. The molecule has 1 aliphatic rings. The Balaban J connectivity index is 1.54. The third-order valence-corrected chi connectivity index (χ3v) is 5.99. The molecule has 1 fully saturated rings. The Bertz CT molecular complexity index is 1080. The highest BCUT2D eigenvalue weighted by Gasteiger charge is 2.24. The molecule has 0 spiro atoms. The molecule has 1 amide bonds. The molecule has 0 radical (unpaired) electrons. The smallest absolute Gasteiger partial charge is 0.230 e. The van der Waals surface area contributed by atoms with Gasteiger partial charge in [-0.2, -0.15) is 10.2 Å². The number of benzene rings is 1. The number of amides is 1. The van der Waals surface area contributed by atoms with Crippen molar-refractivity contribution in [3.63, 3.8) is 0 Å². The number of hydrogen-bond acceptors (Lipinski definition) is 3. The lowest BCUT2D eigenvalue weighted by molar-refractivity contribution is -0.115. The van der Waals surface area contributed by atoms with Crippen LogP contribution in [0.2, 0.25) is 5.02 Å². The van der Waals surface area contributed by atoms with Crippen LogP contribution >= 0.6 is 11.6 Å². The molecular weight excluding hydrogens is 386 g/mol. The summed E-state index contributed by atoms with van der Waals surface area (Å²) in [6.07, 6.45) is 4.57. The summed E-state index contributed by atoms with van der Waals surface area (Å²) >= 11 is 6.28. The van der Waals surface area contributed by atoms with Crippen LogP contribution in [0.1, 0.15) is 40.9 Å². The first kappa shape index (κ1) is 19.7. The van der Waals surface area contributed by atoms with E-state index in [1.54, 1.807) is 0 Å². The highest BCUT2D eigenvalue weighted by molar-refractivity contribution is 6.31. The molecule has 3 aromatic rings. The van der Waals surface area contributed by atoms with Crippen molar-refractivity contribution in [3.05, 3.63) is 57.5 Å². The van der Waals surface area contributed by atoms with E-state index in [9.17, 15) is 4.79 Å². The van der Waals surface area contributed by atoms with Crippen LogP contribution in [0.15, 0.2) is 24.4 Å². The fraction of sp³-hybridized carbons (Fsp3) is 0.409. The maximum absolute atomic E-state index is 12.8. The Kier molecular flexibility index (Phi) is 5.21. The van der Waals surface area contributed by atoms with Crippen molar-refractivity contribution in [1.29, 1.82) is 0 Å². The van der Waals surface area contributed by atoms with Crippen molar-refractivity contribution in [1.82, 2.24) is 19.6 Å². The molecule has 2 heterocycles. The predicted octanol–water partition coefficient (Wildman–Crippen LogP) is 4.55. The van der Waals surface area contributed by atoms with Crippen LogP contribution in [0.3, 0.4) is 0 Å². The van der Waals surface area contributed by atoms with E-state index >= 15 is 0 Å². The quantitative estimate of drug-likeness (QED) is 0.647. The molecule has 29 heavy (non-hydrogen) atoms. The van der Waals surface area contributed by atoms with Crippen molar-refractivity contribution in [2.75, 3.05) is 5.32 Å².